The molecule has 4 heteroatoms. The van der Waals surface area contributed by atoms with E-state index in [1.54, 1.807) is 0 Å². The number of amides is 1. The minimum atomic E-state index is 0.264. The van der Waals surface area contributed by atoms with Crippen molar-refractivity contribution in [3.8, 4) is 0 Å². The molecular formula is C15H27N3O. The lowest BCUT2D eigenvalue weighted by Crippen LogP contribution is -2.48. The van der Waals surface area contributed by atoms with Gasteiger partial charge in [0.2, 0.25) is 5.91 Å². The first kappa shape index (κ1) is 13.4. The maximum absolute atomic E-state index is 11.7. The Morgan fingerprint density at radius 1 is 1.11 bits per heavy atom. The van der Waals surface area contributed by atoms with Crippen molar-refractivity contribution in [3.05, 3.63) is 0 Å². The van der Waals surface area contributed by atoms with Gasteiger partial charge in [-0.2, -0.15) is 0 Å². The summed E-state index contributed by atoms with van der Waals surface area (Å²) in [6.07, 6.45) is 9.41. The molecule has 2 aliphatic heterocycles. The molecule has 0 aromatic carbocycles. The van der Waals surface area contributed by atoms with Crippen LogP contribution >= 0.6 is 0 Å². The number of fused-ring (bicyclic) bond motifs is 2. The first-order chi connectivity index (χ1) is 9.26. The van der Waals surface area contributed by atoms with Gasteiger partial charge < -0.3 is 10.6 Å². The van der Waals surface area contributed by atoms with Gasteiger partial charge in [0, 0.05) is 30.6 Å². The van der Waals surface area contributed by atoms with Crippen LogP contribution in [0.25, 0.3) is 0 Å². The van der Waals surface area contributed by atoms with Crippen LogP contribution in [0.4, 0.5) is 0 Å². The van der Waals surface area contributed by atoms with Crippen LogP contribution in [0, 0.1) is 0 Å². The normalized spacial score (nSPS) is 34.5. The lowest BCUT2D eigenvalue weighted by atomic mass is 9.97. The van der Waals surface area contributed by atoms with E-state index >= 15 is 0 Å². The predicted molar refractivity (Wildman–Crippen MR) is 76.0 cm³/mol. The third-order valence-corrected chi connectivity index (χ3v) is 5.06. The molecule has 2 heterocycles. The Kier molecular flexibility index (Phi) is 4.08. The topological polar surface area (TPSA) is 44.4 Å². The Balaban J connectivity index is 1.39. The molecule has 0 radical (unpaired) electrons. The number of nitrogens with one attached hydrogen (secondary N) is 2. The highest BCUT2D eigenvalue weighted by molar-refractivity contribution is 5.76. The van der Waals surface area contributed by atoms with Gasteiger partial charge in [0.15, 0.2) is 0 Å². The smallest absolute Gasteiger partial charge is 0.220 e. The number of carbonyl (C=O) groups excluding carboxylic acids is 1. The maximum Gasteiger partial charge on any atom is 0.220 e. The zero-order valence-electron chi connectivity index (χ0n) is 12.0. The first-order valence-electron chi connectivity index (χ1n) is 7.98. The second kappa shape index (κ2) is 5.80. The second-order valence-electron chi connectivity index (χ2n) is 6.53. The van der Waals surface area contributed by atoms with Gasteiger partial charge in [0.25, 0.3) is 0 Å². The molecule has 1 amide bonds. The van der Waals surface area contributed by atoms with E-state index in [1.165, 1.54) is 38.5 Å². The van der Waals surface area contributed by atoms with Crippen LogP contribution in [-0.2, 0) is 4.79 Å². The van der Waals surface area contributed by atoms with E-state index in [0.29, 0.717) is 18.5 Å². The van der Waals surface area contributed by atoms with Crippen LogP contribution in [0.15, 0.2) is 0 Å². The average Bonchev–Trinajstić information content (AvgIpc) is 3.17. The summed E-state index contributed by atoms with van der Waals surface area (Å²) >= 11 is 0. The van der Waals surface area contributed by atoms with Crippen molar-refractivity contribution in [1.29, 1.82) is 0 Å². The Morgan fingerprint density at radius 2 is 1.79 bits per heavy atom. The average molecular weight is 265 g/mol. The Labute approximate surface area is 116 Å². The van der Waals surface area contributed by atoms with Crippen LogP contribution in [0.2, 0.25) is 0 Å². The molecule has 2 atom stereocenters. The van der Waals surface area contributed by atoms with Crippen molar-refractivity contribution < 1.29 is 4.79 Å². The number of nitrogens with zero attached hydrogens (tertiary/aromatic N) is 1. The van der Waals surface area contributed by atoms with Crippen molar-refractivity contribution in [2.75, 3.05) is 13.6 Å². The Hall–Kier alpha value is -0.610. The lowest BCUT2D eigenvalue weighted by molar-refractivity contribution is -0.121. The summed E-state index contributed by atoms with van der Waals surface area (Å²) in [4.78, 5) is 14.4. The summed E-state index contributed by atoms with van der Waals surface area (Å²) in [5, 5.41) is 6.52. The van der Waals surface area contributed by atoms with E-state index in [4.69, 9.17) is 0 Å². The number of hydrogen-bond acceptors (Lipinski definition) is 3. The van der Waals surface area contributed by atoms with Gasteiger partial charge in [-0.25, -0.2) is 0 Å². The van der Waals surface area contributed by atoms with E-state index in [1.807, 2.05) is 0 Å². The highest BCUT2D eigenvalue weighted by Crippen LogP contribution is 2.35. The third-order valence-electron chi connectivity index (χ3n) is 5.06. The second-order valence-corrected chi connectivity index (χ2v) is 6.53. The maximum atomic E-state index is 11.7. The number of piperidine rings is 1. The van der Waals surface area contributed by atoms with Gasteiger partial charge in [0.05, 0.1) is 0 Å². The van der Waals surface area contributed by atoms with E-state index in [-0.39, 0.29) is 5.91 Å². The first-order valence-corrected chi connectivity index (χ1v) is 7.98. The highest BCUT2D eigenvalue weighted by Gasteiger charge is 2.39. The molecule has 108 valence electrons. The number of hydrogen-bond donors (Lipinski definition) is 2. The van der Waals surface area contributed by atoms with E-state index in [9.17, 15) is 4.79 Å². The van der Waals surface area contributed by atoms with Crippen molar-refractivity contribution in [2.24, 2.45) is 0 Å². The molecule has 0 aromatic heterocycles. The van der Waals surface area contributed by atoms with E-state index in [0.717, 1.165) is 25.0 Å². The molecule has 2 N–H and O–H groups in total. The predicted octanol–water partition coefficient (Wildman–Crippen LogP) is 1.26. The zero-order valence-corrected chi connectivity index (χ0v) is 12.0. The summed E-state index contributed by atoms with van der Waals surface area (Å²) in [6, 6.07) is 2.76. The summed E-state index contributed by atoms with van der Waals surface area (Å²) < 4.78 is 0. The molecule has 4 nitrogen and oxygen atoms in total. The van der Waals surface area contributed by atoms with Crippen LogP contribution in [0.3, 0.4) is 0 Å². The number of rotatable bonds is 6. The van der Waals surface area contributed by atoms with Crippen LogP contribution < -0.4 is 10.6 Å². The molecule has 2 saturated heterocycles. The minimum absolute atomic E-state index is 0.264. The van der Waals surface area contributed by atoms with Crippen LogP contribution in [0.1, 0.15) is 51.4 Å². The van der Waals surface area contributed by atoms with Crippen molar-refractivity contribution in [1.82, 2.24) is 15.5 Å². The van der Waals surface area contributed by atoms with E-state index < -0.39 is 0 Å². The van der Waals surface area contributed by atoms with Crippen LogP contribution in [-0.4, -0.2) is 48.6 Å². The fourth-order valence-electron chi connectivity index (χ4n) is 3.82. The Bertz CT molecular complexity index is 315. The molecule has 1 saturated carbocycles. The van der Waals surface area contributed by atoms with Crippen LogP contribution in [0.5, 0.6) is 0 Å². The van der Waals surface area contributed by atoms with Gasteiger partial charge >= 0.3 is 0 Å². The molecule has 3 aliphatic rings. The minimum Gasteiger partial charge on any atom is -0.353 e. The van der Waals surface area contributed by atoms with Gasteiger partial charge in [-0.3, -0.25) is 9.69 Å². The molecule has 0 spiro atoms. The molecule has 3 rings (SSSR count). The monoisotopic (exact) mass is 265 g/mol. The molecule has 2 unspecified atom stereocenters. The number of carbonyl (C=O) groups is 1. The van der Waals surface area contributed by atoms with E-state index in [2.05, 4.69) is 22.6 Å². The molecule has 19 heavy (non-hydrogen) atoms. The quantitative estimate of drug-likeness (QED) is 0.760. The fraction of sp³-hybridized carbons (Fsp3) is 0.933. The third kappa shape index (κ3) is 3.29. The Morgan fingerprint density at radius 3 is 2.37 bits per heavy atom. The van der Waals surface area contributed by atoms with Gasteiger partial charge in [-0.05, 0) is 58.5 Å². The van der Waals surface area contributed by atoms with Gasteiger partial charge in [-0.15, -0.1) is 0 Å². The summed E-state index contributed by atoms with van der Waals surface area (Å²) in [5.41, 5.74) is 0. The van der Waals surface area contributed by atoms with Crippen molar-refractivity contribution in [3.63, 3.8) is 0 Å². The van der Waals surface area contributed by atoms with Crippen molar-refractivity contribution >= 4 is 5.91 Å². The molecule has 3 fully saturated rings. The van der Waals surface area contributed by atoms with Gasteiger partial charge in [-0.1, -0.05) is 0 Å². The summed E-state index contributed by atoms with van der Waals surface area (Å²) in [6.45, 7) is 1.11. The summed E-state index contributed by atoms with van der Waals surface area (Å²) in [5.74, 6) is 0.264. The van der Waals surface area contributed by atoms with Gasteiger partial charge in [0.1, 0.15) is 0 Å². The molecular weight excluding hydrogens is 238 g/mol. The van der Waals surface area contributed by atoms with Crippen molar-refractivity contribution in [2.45, 2.75) is 75.5 Å². The highest BCUT2D eigenvalue weighted by atomic mass is 16.1. The molecule has 1 aliphatic carbocycles. The standard InChI is InChI=1S/C15H27N3O/c1-16-12-9-13-6-7-14(10-12)18(13)8-2-3-15(19)17-11-4-5-11/h11-14,16H,2-10H2,1H3,(H,17,19). The zero-order chi connectivity index (χ0) is 13.2. The SMILES string of the molecule is CNC1CC2CCC(C1)N2CCCC(=O)NC1CC1. The molecule has 2 bridgehead atoms. The lowest BCUT2D eigenvalue weighted by Gasteiger charge is -2.38. The molecule has 0 aromatic rings. The fourth-order valence-corrected chi connectivity index (χ4v) is 3.82. The largest absolute Gasteiger partial charge is 0.353 e. The summed E-state index contributed by atoms with van der Waals surface area (Å²) in [7, 11) is 2.09.